The zero-order chi connectivity index (χ0) is 18.3. The molecule has 0 spiro atoms. The number of rotatable bonds is 6. The van der Waals surface area contributed by atoms with Gasteiger partial charge in [-0.3, -0.25) is 4.79 Å². The molecule has 0 radical (unpaired) electrons. The number of benzene rings is 2. The van der Waals surface area contributed by atoms with Crippen molar-refractivity contribution in [3.8, 4) is 0 Å². The smallest absolute Gasteiger partial charge is 0.319 e. The molecule has 2 aromatic rings. The SMILES string of the molecule is CNS(=O)(=O)c1ccc(NC(=O)CNC(=O)Nc2ccccc2)cc1. The summed E-state index contributed by atoms with van der Waals surface area (Å²) >= 11 is 0. The van der Waals surface area contributed by atoms with Gasteiger partial charge in [-0.15, -0.1) is 0 Å². The second kappa shape index (κ2) is 8.27. The highest BCUT2D eigenvalue weighted by molar-refractivity contribution is 7.89. The molecular formula is C16H18N4O4S. The van der Waals surface area contributed by atoms with E-state index in [-0.39, 0.29) is 11.4 Å². The summed E-state index contributed by atoms with van der Waals surface area (Å²) in [7, 11) is -2.21. The summed E-state index contributed by atoms with van der Waals surface area (Å²) in [5, 5.41) is 7.58. The highest BCUT2D eigenvalue weighted by Crippen LogP contribution is 2.13. The van der Waals surface area contributed by atoms with Gasteiger partial charge in [0, 0.05) is 11.4 Å². The maximum absolute atomic E-state index is 11.8. The lowest BCUT2D eigenvalue weighted by atomic mass is 10.3. The average molecular weight is 362 g/mol. The van der Waals surface area contributed by atoms with Gasteiger partial charge in [0.25, 0.3) is 0 Å². The molecule has 0 saturated heterocycles. The second-order valence-corrected chi connectivity index (χ2v) is 6.84. The molecule has 0 heterocycles. The zero-order valence-corrected chi connectivity index (χ0v) is 14.3. The van der Waals surface area contributed by atoms with Crippen molar-refractivity contribution >= 4 is 33.3 Å². The van der Waals surface area contributed by atoms with Crippen LogP contribution in [-0.4, -0.2) is 33.9 Å². The van der Waals surface area contributed by atoms with E-state index in [9.17, 15) is 18.0 Å². The first-order chi connectivity index (χ1) is 11.9. The van der Waals surface area contributed by atoms with Gasteiger partial charge in [0.2, 0.25) is 15.9 Å². The van der Waals surface area contributed by atoms with Crippen LogP contribution in [0.2, 0.25) is 0 Å². The van der Waals surface area contributed by atoms with E-state index in [0.717, 1.165) is 0 Å². The molecule has 132 valence electrons. The highest BCUT2D eigenvalue weighted by Gasteiger charge is 2.11. The van der Waals surface area contributed by atoms with E-state index in [4.69, 9.17) is 0 Å². The maximum Gasteiger partial charge on any atom is 0.319 e. The molecule has 0 aromatic heterocycles. The van der Waals surface area contributed by atoms with Crippen LogP contribution in [0.5, 0.6) is 0 Å². The van der Waals surface area contributed by atoms with E-state index in [1.807, 2.05) is 6.07 Å². The van der Waals surface area contributed by atoms with Crippen molar-refractivity contribution in [1.82, 2.24) is 10.0 Å². The Kier molecular flexibility index (Phi) is 6.09. The van der Waals surface area contributed by atoms with Crippen molar-refractivity contribution in [2.75, 3.05) is 24.2 Å². The highest BCUT2D eigenvalue weighted by atomic mass is 32.2. The van der Waals surface area contributed by atoms with E-state index >= 15 is 0 Å². The molecule has 25 heavy (non-hydrogen) atoms. The Labute approximate surface area is 145 Å². The summed E-state index contributed by atoms with van der Waals surface area (Å²) < 4.78 is 25.4. The van der Waals surface area contributed by atoms with E-state index in [1.54, 1.807) is 24.3 Å². The van der Waals surface area contributed by atoms with Gasteiger partial charge >= 0.3 is 6.03 Å². The van der Waals surface area contributed by atoms with Gasteiger partial charge < -0.3 is 16.0 Å². The van der Waals surface area contributed by atoms with E-state index < -0.39 is 22.0 Å². The van der Waals surface area contributed by atoms with Gasteiger partial charge in [0.15, 0.2) is 0 Å². The third-order valence-electron chi connectivity index (χ3n) is 3.16. The van der Waals surface area contributed by atoms with Crippen LogP contribution >= 0.6 is 0 Å². The molecule has 0 aliphatic carbocycles. The summed E-state index contributed by atoms with van der Waals surface area (Å²) in [6, 6.07) is 14.0. The predicted octanol–water partition coefficient (Wildman–Crippen LogP) is 1.35. The number of sulfonamides is 1. The van der Waals surface area contributed by atoms with Crippen molar-refractivity contribution in [3.05, 3.63) is 54.6 Å². The monoisotopic (exact) mass is 362 g/mol. The number of anilines is 2. The number of hydrogen-bond acceptors (Lipinski definition) is 4. The zero-order valence-electron chi connectivity index (χ0n) is 13.4. The molecule has 0 atom stereocenters. The fourth-order valence-electron chi connectivity index (χ4n) is 1.90. The minimum Gasteiger partial charge on any atom is -0.329 e. The fraction of sp³-hybridized carbons (Fsp3) is 0.125. The molecule has 3 amide bonds. The van der Waals surface area contributed by atoms with Crippen LogP contribution in [0, 0.1) is 0 Å². The van der Waals surface area contributed by atoms with E-state index in [0.29, 0.717) is 11.4 Å². The molecule has 0 aliphatic heterocycles. The second-order valence-electron chi connectivity index (χ2n) is 4.95. The molecule has 0 bridgehead atoms. The first kappa shape index (κ1) is 18.4. The van der Waals surface area contributed by atoms with Gasteiger partial charge in [-0.25, -0.2) is 17.9 Å². The van der Waals surface area contributed by atoms with Crippen molar-refractivity contribution in [1.29, 1.82) is 0 Å². The van der Waals surface area contributed by atoms with Gasteiger partial charge in [0.05, 0.1) is 11.4 Å². The van der Waals surface area contributed by atoms with Crippen LogP contribution in [0.3, 0.4) is 0 Å². The third-order valence-corrected chi connectivity index (χ3v) is 4.59. The lowest BCUT2D eigenvalue weighted by Crippen LogP contribution is -2.35. The summed E-state index contributed by atoms with van der Waals surface area (Å²) in [5.74, 6) is -0.438. The minimum absolute atomic E-state index is 0.0911. The summed E-state index contributed by atoms with van der Waals surface area (Å²) in [6.07, 6.45) is 0. The summed E-state index contributed by atoms with van der Waals surface area (Å²) in [5.41, 5.74) is 1.03. The number of urea groups is 1. The van der Waals surface area contributed by atoms with Crippen LogP contribution < -0.4 is 20.7 Å². The number of hydrogen-bond donors (Lipinski definition) is 4. The van der Waals surface area contributed by atoms with Crippen molar-refractivity contribution < 1.29 is 18.0 Å². The van der Waals surface area contributed by atoms with Crippen molar-refractivity contribution in [2.24, 2.45) is 0 Å². The number of amides is 3. The Bertz CT molecular complexity index is 836. The first-order valence-electron chi connectivity index (χ1n) is 7.34. The van der Waals surface area contributed by atoms with Crippen LogP contribution in [0.1, 0.15) is 0 Å². The number of carbonyl (C=O) groups is 2. The number of nitrogens with one attached hydrogen (secondary N) is 4. The standard InChI is InChI=1S/C16H18N4O4S/c1-17-25(23,24)14-9-7-13(8-10-14)19-15(21)11-18-16(22)20-12-5-3-2-4-6-12/h2-10,17H,11H2,1H3,(H,19,21)(H2,18,20,22). The van der Waals surface area contributed by atoms with Gasteiger partial charge in [-0.1, -0.05) is 18.2 Å². The predicted molar refractivity (Wildman–Crippen MR) is 94.8 cm³/mol. The largest absolute Gasteiger partial charge is 0.329 e. The minimum atomic E-state index is -3.52. The van der Waals surface area contributed by atoms with Crippen molar-refractivity contribution in [2.45, 2.75) is 4.90 Å². The summed E-state index contributed by atoms with van der Waals surface area (Å²) in [6.45, 7) is -0.227. The number of carbonyl (C=O) groups excluding carboxylic acids is 2. The topological polar surface area (TPSA) is 116 Å². The lowest BCUT2D eigenvalue weighted by molar-refractivity contribution is -0.115. The normalized spacial score (nSPS) is 10.8. The lowest BCUT2D eigenvalue weighted by Gasteiger charge is -2.09. The van der Waals surface area contributed by atoms with Gasteiger partial charge in [-0.05, 0) is 43.4 Å². The molecule has 9 heteroatoms. The molecule has 2 aromatic carbocycles. The van der Waals surface area contributed by atoms with E-state index in [2.05, 4.69) is 20.7 Å². The Morgan fingerprint density at radius 1 is 0.880 bits per heavy atom. The van der Waals surface area contributed by atoms with E-state index in [1.165, 1.54) is 31.3 Å². The molecule has 4 N–H and O–H groups in total. The fourth-order valence-corrected chi connectivity index (χ4v) is 2.63. The van der Waals surface area contributed by atoms with Gasteiger partial charge in [-0.2, -0.15) is 0 Å². The molecule has 2 rings (SSSR count). The first-order valence-corrected chi connectivity index (χ1v) is 8.82. The van der Waals surface area contributed by atoms with Crippen LogP contribution in [0.15, 0.2) is 59.5 Å². The van der Waals surface area contributed by atoms with Crippen LogP contribution in [0.25, 0.3) is 0 Å². The third kappa shape index (κ3) is 5.59. The molecular weight excluding hydrogens is 344 g/mol. The Morgan fingerprint density at radius 3 is 2.08 bits per heavy atom. The molecule has 8 nitrogen and oxygen atoms in total. The quantitative estimate of drug-likeness (QED) is 0.621. The van der Waals surface area contributed by atoms with Gasteiger partial charge in [0.1, 0.15) is 0 Å². The van der Waals surface area contributed by atoms with Crippen molar-refractivity contribution in [3.63, 3.8) is 0 Å². The molecule has 0 aliphatic rings. The number of para-hydroxylation sites is 1. The molecule has 0 unspecified atom stereocenters. The Hall–Kier alpha value is -2.91. The molecule has 0 fully saturated rings. The Balaban J connectivity index is 1.83. The van der Waals surface area contributed by atoms with Crippen LogP contribution in [-0.2, 0) is 14.8 Å². The Morgan fingerprint density at radius 2 is 1.48 bits per heavy atom. The maximum atomic E-state index is 11.8. The van der Waals surface area contributed by atoms with Crippen LogP contribution in [0.4, 0.5) is 16.2 Å². The summed E-state index contributed by atoms with van der Waals surface area (Å²) in [4.78, 5) is 23.6. The average Bonchev–Trinajstić information content (AvgIpc) is 2.61. The molecule has 0 saturated carbocycles.